The highest BCUT2D eigenvalue weighted by Gasteiger charge is 2.15. The third-order valence-corrected chi connectivity index (χ3v) is 3.23. The van der Waals surface area contributed by atoms with Crippen LogP contribution in [0, 0.1) is 0 Å². The van der Waals surface area contributed by atoms with Crippen LogP contribution in [0.4, 0.5) is 11.4 Å². The Bertz CT molecular complexity index is 459. The maximum Gasteiger partial charge on any atom is 0.251 e. The smallest absolute Gasteiger partial charge is 0.251 e. The summed E-state index contributed by atoms with van der Waals surface area (Å²) in [7, 11) is 1.60. The molecule has 2 rings (SSSR count). The van der Waals surface area contributed by atoms with E-state index in [0.29, 0.717) is 37.6 Å². The summed E-state index contributed by atoms with van der Waals surface area (Å²) in [5.41, 5.74) is 8.20. The maximum absolute atomic E-state index is 11.9. The molecule has 0 unspecified atom stereocenters. The Kier molecular flexibility index (Phi) is 5.20. The molecule has 3 N–H and O–H groups in total. The number of nitrogen functional groups attached to an aromatic ring is 1. The predicted molar refractivity (Wildman–Crippen MR) is 78.1 cm³/mol. The Morgan fingerprint density at radius 1 is 1.45 bits per heavy atom. The highest BCUT2D eigenvalue weighted by atomic mass is 16.5. The normalized spacial score (nSPS) is 15.2. The maximum atomic E-state index is 11.9. The van der Waals surface area contributed by atoms with Crippen LogP contribution >= 0.6 is 0 Å². The zero-order valence-corrected chi connectivity index (χ0v) is 11.7. The number of benzene rings is 1. The summed E-state index contributed by atoms with van der Waals surface area (Å²) in [4.78, 5) is 14.1. The minimum atomic E-state index is -0.137. The van der Waals surface area contributed by atoms with E-state index < -0.39 is 0 Å². The number of carbonyl (C=O) groups is 1. The van der Waals surface area contributed by atoms with Gasteiger partial charge in [0.2, 0.25) is 0 Å². The Hall–Kier alpha value is -1.79. The lowest BCUT2D eigenvalue weighted by atomic mass is 10.1. The Labute approximate surface area is 118 Å². The topological polar surface area (TPSA) is 76.8 Å². The van der Waals surface area contributed by atoms with Crippen LogP contribution in [-0.4, -0.2) is 52.5 Å². The molecular weight excluding hydrogens is 258 g/mol. The molecule has 1 aliphatic rings. The Balaban J connectivity index is 2.03. The fraction of sp³-hybridized carbons (Fsp3) is 0.500. The Morgan fingerprint density at radius 3 is 2.85 bits per heavy atom. The molecule has 1 heterocycles. The van der Waals surface area contributed by atoms with Crippen molar-refractivity contribution in [1.29, 1.82) is 0 Å². The van der Waals surface area contributed by atoms with Crippen molar-refractivity contribution < 1.29 is 14.3 Å². The molecule has 0 bridgehead atoms. The minimum Gasteiger partial charge on any atom is -0.397 e. The third-order valence-electron chi connectivity index (χ3n) is 3.23. The van der Waals surface area contributed by atoms with E-state index >= 15 is 0 Å². The van der Waals surface area contributed by atoms with Crippen LogP contribution in [0.5, 0.6) is 0 Å². The molecule has 1 amide bonds. The summed E-state index contributed by atoms with van der Waals surface area (Å²) in [6.45, 7) is 4.04. The second-order valence-corrected chi connectivity index (χ2v) is 4.62. The molecule has 0 saturated carbocycles. The zero-order chi connectivity index (χ0) is 14.4. The van der Waals surface area contributed by atoms with Gasteiger partial charge < -0.3 is 25.4 Å². The quantitative estimate of drug-likeness (QED) is 0.605. The number of methoxy groups -OCH3 is 1. The van der Waals surface area contributed by atoms with Crippen LogP contribution < -0.4 is 16.0 Å². The predicted octanol–water partition coefficient (Wildman–Crippen LogP) is 0.482. The van der Waals surface area contributed by atoms with Crippen molar-refractivity contribution in [2.45, 2.75) is 0 Å². The van der Waals surface area contributed by atoms with E-state index in [2.05, 4.69) is 10.2 Å². The van der Waals surface area contributed by atoms with Crippen LogP contribution in [0.3, 0.4) is 0 Å². The first-order valence-corrected chi connectivity index (χ1v) is 6.71. The van der Waals surface area contributed by atoms with Gasteiger partial charge >= 0.3 is 0 Å². The van der Waals surface area contributed by atoms with Gasteiger partial charge in [0.25, 0.3) is 5.91 Å². The second-order valence-electron chi connectivity index (χ2n) is 4.62. The number of anilines is 2. The average Bonchev–Trinajstić information content (AvgIpc) is 2.48. The molecule has 1 aromatic rings. The van der Waals surface area contributed by atoms with Crippen LogP contribution in [0.15, 0.2) is 18.2 Å². The molecule has 1 saturated heterocycles. The van der Waals surface area contributed by atoms with E-state index in [1.165, 1.54) is 0 Å². The number of ether oxygens (including phenoxy) is 2. The summed E-state index contributed by atoms with van der Waals surface area (Å²) < 4.78 is 10.2. The largest absolute Gasteiger partial charge is 0.397 e. The van der Waals surface area contributed by atoms with Crippen molar-refractivity contribution in [2.24, 2.45) is 0 Å². The fourth-order valence-electron chi connectivity index (χ4n) is 2.16. The molecular formula is C14H21N3O3. The standard InChI is InChI=1S/C14H21N3O3/c1-19-7-4-16-14(18)11-2-3-13(12(15)10-11)17-5-8-20-9-6-17/h2-3,10H,4-9,15H2,1H3,(H,16,18). The molecule has 0 atom stereocenters. The Morgan fingerprint density at radius 2 is 2.20 bits per heavy atom. The SMILES string of the molecule is COCCNC(=O)c1ccc(N2CCOCC2)c(N)c1. The van der Waals surface area contributed by atoms with Crippen LogP contribution in [0.25, 0.3) is 0 Å². The van der Waals surface area contributed by atoms with Crippen molar-refractivity contribution in [3.8, 4) is 0 Å². The van der Waals surface area contributed by atoms with Crippen molar-refractivity contribution in [3.63, 3.8) is 0 Å². The van der Waals surface area contributed by atoms with E-state index in [1.54, 1.807) is 19.2 Å². The molecule has 0 spiro atoms. The molecule has 0 aromatic heterocycles. The number of nitrogens with one attached hydrogen (secondary N) is 1. The first kappa shape index (κ1) is 14.6. The van der Waals surface area contributed by atoms with E-state index in [1.807, 2.05) is 6.07 Å². The number of nitrogens with two attached hydrogens (primary N) is 1. The first-order chi connectivity index (χ1) is 9.72. The number of rotatable bonds is 5. The number of amides is 1. The summed E-state index contributed by atoms with van der Waals surface area (Å²) in [6.07, 6.45) is 0. The molecule has 6 heteroatoms. The summed E-state index contributed by atoms with van der Waals surface area (Å²) in [5, 5.41) is 2.77. The molecule has 1 fully saturated rings. The molecule has 6 nitrogen and oxygen atoms in total. The minimum absolute atomic E-state index is 0.137. The van der Waals surface area contributed by atoms with Crippen molar-refractivity contribution in [1.82, 2.24) is 5.32 Å². The highest BCUT2D eigenvalue weighted by Crippen LogP contribution is 2.25. The van der Waals surface area contributed by atoms with Crippen molar-refractivity contribution >= 4 is 17.3 Å². The van der Waals surface area contributed by atoms with Crippen molar-refractivity contribution in [2.75, 3.05) is 57.2 Å². The highest BCUT2D eigenvalue weighted by molar-refractivity contribution is 5.96. The molecule has 0 aliphatic carbocycles. The molecule has 110 valence electrons. The monoisotopic (exact) mass is 279 g/mol. The zero-order valence-electron chi connectivity index (χ0n) is 11.7. The third kappa shape index (κ3) is 3.61. The lowest BCUT2D eigenvalue weighted by molar-refractivity contribution is 0.0937. The van der Waals surface area contributed by atoms with Gasteiger partial charge in [-0.1, -0.05) is 0 Å². The van der Waals surface area contributed by atoms with Gasteiger partial charge in [-0.25, -0.2) is 0 Å². The number of morpholine rings is 1. The van der Waals surface area contributed by atoms with E-state index in [4.69, 9.17) is 15.2 Å². The van der Waals surface area contributed by atoms with Crippen LogP contribution in [0.2, 0.25) is 0 Å². The van der Waals surface area contributed by atoms with Gasteiger partial charge in [0, 0.05) is 32.3 Å². The van der Waals surface area contributed by atoms with Gasteiger partial charge in [0.1, 0.15) is 0 Å². The first-order valence-electron chi connectivity index (χ1n) is 6.71. The summed E-state index contributed by atoms with van der Waals surface area (Å²) in [6, 6.07) is 5.40. The molecule has 0 radical (unpaired) electrons. The van der Waals surface area contributed by atoms with Gasteiger partial charge in [0.05, 0.1) is 31.2 Å². The number of nitrogens with zero attached hydrogens (tertiary/aromatic N) is 1. The number of hydrogen-bond donors (Lipinski definition) is 2. The van der Waals surface area contributed by atoms with E-state index in [0.717, 1.165) is 18.8 Å². The van der Waals surface area contributed by atoms with Gasteiger partial charge in [-0.15, -0.1) is 0 Å². The van der Waals surface area contributed by atoms with Gasteiger partial charge in [-0.05, 0) is 18.2 Å². The average molecular weight is 279 g/mol. The summed E-state index contributed by atoms with van der Waals surface area (Å²) in [5.74, 6) is -0.137. The number of hydrogen-bond acceptors (Lipinski definition) is 5. The molecule has 20 heavy (non-hydrogen) atoms. The van der Waals surface area contributed by atoms with E-state index in [-0.39, 0.29) is 5.91 Å². The summed E-state index contributed by atoms with van der Waals surface area (Å²) >= 11 is 0. The van der Waals surface area contributed by atoms with Gasteiger partial charge in [0.15, 0.2) is 0 Å². The van der Waals surface area contributed by atoms with Gasteiger partial charge in [-0.2, -0.15) is 0 Å². The van der Waals surface area contributed by atoms with Crippen molar-refractivity contribution in [3.05, 3.63) is 23.8 Å². The lowest BCUT2D eigenvalue weighted by Crippen LogP contribution is -2.36. The molecule has 1 aromatic carbocycles. The van der Waals surface area contributed by atoms with Gasteiger partial charge in [-0.3, -0.25) is 4.79 Å². The fourth-order valence-corrected chi connectivity index (χ4v) is 2.16. The van der Waals surface area contributed by atoms with Crippen LogP contribution in [-0.2, 0) is 9.47 Å². The van der Waals surface area contributed by atoms with E-state index in [9.17, 15) is 4.79 Å². The molecule has 1 aliphatic heterocycles. The van der Waals surface area contributed by atoms with Crippen LogP contribution in [0.1, 0.15) is 10.4 Å². The lowest BCUT2D eigenvalue weighted by Gasteiger charge is -2.30. The number of carbonyl (C=O) groups excluding carboxylic acids is 1. The second kappa shape index (κ2) is 7.12.